The Morgan fingerprint density at radius 2 is 1.69 bits per heavy atom. The lowest BCUT2D eigenvalue weighted by Gasteiger charge is -2.34. The molecule has 0 bridgehead atoms. The van der Waals surface area contributed by atoms with E-state index in [0.29, 0.717) is 13.1 Å². The maximum absolute atomic E-state index is 12.5. The Hall–Kier alpha value is -3.21. The number of pyridine rings is 2. The number of amides is 1. The summed E-state index contributed by atoms with van der Waals surface area (Å²) in [4.78, 5) is 25.4. The predicted molar refractivity (Wildman–Crippen MR) is 104 cm³/mol. The van der Waals surface area contributed by atoms with Crippen LogP contribution in [0.25, 0.3) is 17.0 Å². The Balaban J connectivity index is 1.42. The monoisotopic (exact) mass is 344 g/mol. The summed E-state index contributed by atoms with van der Waals surface area (Å²) in [5.41, 5.74) is 1.88. The molecule has 3 aromatic rings. The van der Waals surface area contributed by atoms with Crippen molar-refractivity contribution >= 4 is 28.7 Å². The fraction of sp³-hybridized carbons (Fsp3) is 0.190. The van der Waals surface area contributed by atoms with E-state index >= 15 is 0 Å². The van der Waals surface area contributed by atoms with Gasteiger partial charge >= 0.3 is 0 Å². The van der Waals surface area contributed by atoms with Crippen molar-refractivity contribution in [2.24, 2.45) is 0 Å². The maximum Gasteiger partial charge on any atom is 0.246 e. The van der Waals surface area contributed by atoms with Crippen molar-refractivity contribution in [3.8, 4) is 0 Å². The molecule has 0 saturated carbocycles. The van der Waals surface area contributed by atoms with Gasteiger partial charge in [0.05, 0.1) is 5.52 Å². The van der Waals surface area contributed by atoms with Crippen molar-refractivity contribution in [3.05, 3.63) is 72.6 Å². The molecule has 1 aromatic carbocycles. The second kappa shape index (κ2) is 7.35. The molecule has 0 N–H and O–H groups in total. The highest BCUT2D eigenvalue weighted by Gasteiger charge is 2.20. The molecule has 2 aromatic heterocycles. The van der Waals surface area contributed by atoms with Crippen LogP contribution in [0.3, 0.4) is 0 Å². The van der Waals surface area contributed by atoms with Gasteiger partial charge in [0.25, 0.3) is 0 Å². The third-order valence-corrected chi connectivity index (χ3v) is 4.63. The van der Waals surface area contributed by atoms with Crippen molar-refractivity contribution in [1.29, 1.82) is 0 Å². The molecule has 4 rings (SSSR count). The van der Waals surface area contributed by atoms with E-state index in [1.54, 1.807) is 18.5 Å². The number of fused-ring (bicyclic) bond motifs is 1. The number of para-hydroxylation sites is 1. The van der Waals surface area contributed by atoms with Crippen molar-refractivity contribution < 1.29 is 4.79 Å². The van der Waals surface area contributed by atoms with E-state index in [1.807, 2.05) is 59.5 Å². The lowest BCUT2D eigenvalue weighted by atomic mass is 10.1. The SMILES string of the molecule is O=C(/C=C/c1cccc2cccnc12)N1CCN(c2ccccn2)CC1. The van der Waals surface area contributed by atoms with E-state index in [9.17, 15) is 4.79 Å². The minimum absolute atomic E-state index is 0.0404. The smallest absolute Gasteiger partial charge is 0.246 e. The first kappa shape index (κ1) is 16.3. The van der Waals surface area contributed by atoms with Gasteiger partial charge in [-0.1, -0.05) is 30.3 Å². The van der Waals surface area contributed by atoms with Crippen LogP contribution in [0.1, 0.15) is 5.56 Å². The first-order valence-corrected chi connectivity index (χ1v) is 8.78. The molecule has 1 fully saturated rings. The summed E-state index contributed by atoms with van der Waals surface area (Å²) < 4.78 is 0. The van der Waals surface area contributed by atoms with Crippen LogP contribution >= 0.6 is 0 Å². The van der Waals surface area contributed by atoms with Crippen LogP contribution < -0.4 is 4.90 Å². The molecule has 130 valence electrons. The van der Waals surface area contributed by atoms with Gasteiger partial charge in [0.1, 0.15) is 5.82 Å². The van der Waals surface area contributed by atoms with Gasteiger partial charge in [-0.3, -0.25) is 9.78 Å². The molecular weight excluding hydrogens is 324 g/mol. The predicted octanol–water partition coefficient (Wildman–Crippen LogP) is 2.99. The highest BCUT2D eigenvalue weighted by molar-refractivity contribution is 5.95. The molecule has 0 radical (unpaired) electrons. The molecule has 3 heterocycles. The molecule has 5 heteroatoms. The molecule has 0 unspecified atom stereocenters. The van der Waals surface area contributed by atoms with Crippen LogP contribution in [0, 0.1) is 0 Å². The number of nitrogens with zero attached hydrogens (tertiary/aromatic N) is 4. The summed E-state index contributed by atoms with van der Waals surface area (Å²) in [7, 11) is 0. The van der Waals surface area contributed by atoms with Gasteiger partial charge in [-0.2, -0.15) is 0 Å². The van der Waals surface area contributed by atoms with Crippen molar-refractivity contribution in [1.82, 2.24) is 14.9 Å². The maximum atomic E-state index is 12.5. The Morgan fingerprint density at radius 3 is 2.50 bits per heavy atom. The minimum atomic E-state index is 0.0404. The third-order valence-electron chi connectivity index (χ3n) is 4.63. The van der Waals surface area contributed by atoms with Crippen molar-refractivity contribution in [2.75, 3.05) is 31.1 Å². The second-order valence-corrected chi connectivity index (χ2v) is 6.26. The van der Waals surface area contributed by atoms with Crippen LogP contribution in [0.4, 0.5) is 5.82 Å². The third kappa shape index (κ3) is 3.42. The summed E-state index contributed by atoms with van der Waals surface area (Å²) >= 11 is 0. The van der Waals surface area contributed by atoms with Crippen LogP contribution in [-0.4, -0.2) is 47.0 Å². The summed E-state index contributed by atoms with van der Waals surface area (Å²) in [6.07, 6.45) is 7.09. The second-order valence-electron chi connectivity index (χ2n) is 6.26. The molecule has 26 heavy (non-hydrogen) atoms. The van der Waals surface area contributed by atoms with E-state index in [1.165, 1.54) is 0 Å². The van der Waals surface area contributed by atoms with Crippen molar-refractivity contribution in [2.45, 2.75) is 0 Å². The van der Waals surface area contributed by atoms with Gasteiger partial charge in [-0.05, 0) is 24.3 Å². The fourth-order valence-corrected chi connectivity index (χ4v) is 3.23. The number of carbonyl (C=O) groups is 1. The number of piperazine rings is 1. The Bertz CT molecular complexity index is 926. The first-order chi connectivity index (χ1) is 12.8. The lowest BCUT2D eigenvalue weighted by Crippen LogP contribution is -2.48. The summed E-state index contributed by atoms with van der Waals surface area (Å²) in [6, 6.07) is 15.8. The van der Waals surface area contributed by atoms with E-state index in [0.717, 1.165) is 35.4 Å². The van der Waals surface area contributed by atoms with Crippen LogP contribution in [0.15, 0.2) is 67.0 Å². The standard InChI is InChI=1S/C21H20N4O/c26-20(10-9-18-6-3-5-17-7-4-12-23-21(17)18)25-15-13-24(14-16-25)19-8-1-2-11-22-19/h1-12H,13-16H2/b10-9+. The molecule has 0 atom stereocenters. The summed E-state index contributed by atoms with van der Waals surface area (Å²) in [5, 5.41) is 1.08. The van der Waals surface area contributed by atoms with Crippen LogP contribution in [0.2, 0.25) is 0 Å². The Labute approximate surface area is 152 Å². The molecule has 1 saturated heterocycles. The number of rotatable bonds is 3. The van der Waals surface area contributed by atoms with E-state index in [2.05, 4.69) is 14.9 Å². The number of hydrogen-bond donors (Lipinski definition) is 0. The van der Waals surface area contributed by atoms with Gasteiger partial charge in [0, 0.05) is 55.6 Å². The first-order valence-electron chi connectivity index (χ1n) is 8.78. The van der Waals surface area contributed by atoms with Gasteiger partial charge in [0.15, 0.2) is 0 Å². The minimum Gasteiger partial charge on any atom is -0.353 e. The zero-order valence-electron chi connectivity index (χ0n) is 14.5. The Morgan fingerprint density at radius 1 is 0.885 bits per heavy atom. The van der Waals surface area contributed by atoms with Gasteiger partial charge in [-0.15, -0.1) is 0 Å². The quantitative estimate of drug-likeness (QED) is 0.686. The highest BCUT2D eigenvalue weighted by atomic mass is 16.2. The summed E-state index contributed by atoms with van der Waals surface area (Å²) in [6.45, 7) is 3.00. The normalized spacial score (nSPS) is 14.9. The molecule has 1 aliphatic rings. The molecule has 1 aliphatic heterocycles. The van der Waals surface area contributed by atoms with E-state index < -0.39 is 0 Å². The largest absolute Gasteiger partial charge is 0.353 e. The number of benzene rings is 1. The van der Waals surface area contributed by atoms with E-state index in [-0.39, 0.29) is 5.91 Å². The molecule has 1 amide bonds. The number of aromatic nitrogens is 2. The Kier molecular flexibility index (Phi) is 4.60. The number of anilines is 1. The zero-order valence-corrected chi connectivity index (χ0v) is 14.5. The number of carbonyl (C=O) groups excluding carboxylic acids is 1. The molecule has 0 aliphatic carbocycles. The average Bonchev–Trinajstić information content (AvgIpc) is 2.73. The van der Waals surface area contributed by atoms with Crippen LogP contribution in [-0.2, 0) is 4.79 Å². The zero-order chi connectivity index (χ0) is 17.8. The molecule has 5 nitrogen and oxygen atoms in total. The van der Waals surface area contributed by atoms with Gasteiger partial charge in [0.2, 0.25) is 5.91 Å². The molecular formula is C21H20N4O. The highest BCUT2D eigenvalue weighted by Crippen LogP contribution is 2.18. The topological polar surface area (TPSA) is 49.3 Å². The van der Waals surface area contributed by atoms with E-state index in [4.69, 9.17) is 0 Å². The lowest BCUT2D eigenvalue weighted by molar-refractivity contribution is -0.126. The van der Waals surface area contributed by atoms with Gasteiger partial charge < -0.3 is 9.80 Å². The number of hydrogen-bond acceptors (Lipinski definition) is 4. The van der Waals surface area contributed by atoms with Crippen molar-refractivity contribution in [3.63, 3.8) is 0 Å². The average molecular weight is 344 g/mol. The molecule has 0 spiro atoms. The van der Waals surface area contributed by atoms with Gasteiger partial charge in [-0.25, -0.2) is 4.98 Å². The fourth-order valence-electron chi connectivity index (χ4n) is 3.23. The van der Waals surface area contributed by atoms with Crippen LogP contribution in [0.5, 0.6) is 0 Å². The summed E-state index contributed by atoms with van der Waals surface area (Å²) in [5.74, 6) is 1.01.